The van der Waals surface area contributed by atoms with Gasteiger partial charge < -0.3 is 0 Å². The van der Waals surface area contributed by atoms with Crippen LogP contribution >= 0.6 is 0 Å². The van der Waals surface area contributed by atoms with Gasteiger partial charge in [-0.1, -0.05) is 50.4 Å². The summed E-state index contributed by atoms with van der Waals surface area (Å²) in [5, 5.41) is 0. The highest BCUT2D eigenvalue weighted by molar-refractivity contribution is 6.11. The number of allylic oxidation sites excluding steroid dienone is 4. The van der Waals surface area contributed by atoms with Crippen LogP contribution in [0.5, 0.6) is 0 Å². The summed E-state index contributed by atoms with van der Waals surface area (Å²) in [5.74, 6) is 0.804. The molecule has 0 amide bonds. The van der Waals surface area contributed by atoms with Gasteiger partial charge in [-0.2, -0.15) is 0 Å². The van der Waals surface area contributed by atoms with Gasteiger partial charge in [0.15, 0.2) is 0 Å². The van der Waals surface area contributed by atoms with Gasteiger partial charge in [-0.25, -0.2) is 0 Å². The Bertz CT molecular complexity index is 168. The molecule has 1 heteroatoms. The lowest BCUT2D eigenvalue weighted by atomic mass is 9.86. The Hall–Kier alpha value is -0.455. The van der Waals surface area contributed by atoms with Crippen molar-refractivity contribution in [3.8, 4) is 0 Å². The first-order valence-corrected chi connectivity index (χ1v) is 6.57. The summed E-state index contributed by atoms with van der Waals surface area (Å²) in [7, 11) is 2.27. The topological polar surface area (TPSA) is 0 Å². The molecule has 0 bridgehead atoms. The van der Waals surface area contributed by atoms with E-state index in [0.29, 0.717) is 0 Å². The van der Waals surface area contributed by atoms with Gasteiger partial charge in [0.25, 0.3) is 0 Å². The molecule has 0 fully saturated rings. The fourth-order valence-corrected chi connectivity index (χ4v) is 1.41. The molecule has 0 saturated heterocycles. The van der Waals surface area contributed by atoms with Crippen LogP contribution in [0.25, 0.3) is 0 Å². The van der Waals surface area contributed by atoms with E-state index in [2.05, 4.69) is 46.0 Å². The molecule has 1 unspecified atom stereocenters. The zero-order valence-corrected chi connectivity index (χ0v) is 10.8. The summed E-state index contributed by atoms with van der Waals surface area (Å²) in [6.45, 7) is 4.49. The normalized spacial score (nSPS) is 14.0. The molecule has 0 aliphatic carbocycles. The summed E-state index contributed by atoms with van der Waals surface area (Å²) in [6.07, 6.45) is 18.3. The molecule has 15 heavy (non-hydrogen) atoms. The summed E-state index contributed by atoms with van der Waals surface area (Å²) in [4.78, 5) is 0. The van der Waals surface area contributed by atoms with Gasteiger partial charge in [0.1, 0.15) is 7.85 Å². The quantitative estimate of drug-likeness (QED) is 0.300. The maximum atomic E-state index is 2.34. The summed E-state index contributed by atoms with van der Waals surface area (Å²) in [5.41, 5.74) is 0. The first-order valence-electron chi connectivity index (χ1n) is 6.57. The van der Waals surface area contributed by atoms with Gasteiger partial charge in [-0.3, -0.25) is 0 Å². The van der Waals surface area contributed by atoms with E-state index in [1.807, 2.05) is 0 Å². The maximum Gasteiger partial charge on any atom is 0.105 e. The minimum absolute atomic E-state index is 0.804. The molecule has 0 spiro atoms. The van der Waals surface area contributed by atoms with Crippen molar-refractivity contribution in [2.45, 2.75) is 64.6 Å². The van der Waals surface area contributed by atoms with Gasteiger partial charge in [0.2, 0.25) is 0 Å². The van der Waals surface area contributed by atoms with Crippen LogP contribution in [0.2, 0.25) is 5.82 Å². The monoisotopic (exact) mass is 206 g/mol. The van der Waals surface area contributed by atoms with Crippen LogP contribution in [0.1, 0.15) is 58.8 Å². The van der Waals surface area contributed by atoms with Crippen molar-refractivity contribution in [3.63, 3.8) is 0 Å². The van der Waals surface area contributed by atoms with Crippen LogP contribution in [0.15, 0.2) is 24.3 Å². The fourth-order valence-electron chi connectivity index (χ4n) is 1.41. The highest BCUT2D eigenvalue weighted by Gasteiger charge is 1.87. The Morgan fingerprint density at radius 3 is 2.00 bits per heavy atom. The maximum absolute atomic E-state index is 2.34. The van der Waals surface area contributed by atoms with E-state index in [1.165, 1.54) is 44.9 Å². The van der Waals surface area contributed by atoms with Crippen LogP contribution in [-0.4, -0.2) is 7.85 Å². The average molecular weight is 206 g/mol. The SMILES string of the molecule is BC(C)CC=CCCCCC=CCCC. The molecule has 0 N–H and O–H groups in total. The van der Waals surface area contributed by atoms with Crippen molar-refractivity contribution in [1.29, 1.82) is 0 Å². The number of rotatable bonds is 9. The third-order valence-electron chi connectivity index (χ3n) is 2.39. The van der Waals surface area contributed by atoms with Crippen LogP contribution in [0.3, 0.4) is 0 Å². The Morgan fingerprint density at radius 2 is 1.47 bits per heavy atom. The second-order valence-electron chi connectivity index (χ2n) is 4.65. The molecule has 0 saturated carbocycles. The van der Waals surface area contributed by atoms with E-state index in [4.69, 9.17) is 0 Å². The Balaban J connectivity index is 3.14. The molecule has 0 aromatic carbocycles. The van der Waals surface area contributed by atoms with Crippen LogP contribution in [0.4, 0.5) is 0 Å². The number of hydrogen-bond donors (Lipinski definition) is 0. The summed E-state index contributed by atoms with van der Waals surface area (Å²) >= 11 is 0. The van der Waals surface area contributed by atoms with E-state index in [1.54, 1.807) is 0 Å². The number of unbranched alkanes of at least 4 members (excludes halogenated alkanes) is 4. The highest BCUT2D eigenvalue weighted by atomic mass is 13.9. The van der Waals surface area contributed by atoms with E-state index in [-0.39, 0.29) is 0 Å². The van der Waals surface area contributed by atoms with Crippen molar-refractivity contribution in [3.05, 3.63) is 24.3 Å². The van der Waals surface area contributed by atoms with E-state index < -0.39 is 0 Å². The minimum atomic E-state index is 0.804. The van der Waals surface area contributed by atoms with E-state index in [9.17, 15) is 0 Å². The van der Waals surface area contributed by atoms with Gasteiger partial charge >= 0.3 is 0 Å². The molecule has 0 aromatic heterocycles. The first-order chi connectivity index (χ1) is 7.27. The molecule has 0 aliphatic heterocycles. The molecule has 0 aliphatic rings. The predicted molar refractivity (Wildman–Crippen MR) is 74.2 cm³/mol. The Morgan fingerprint density at radius 1 is 0.933 bits per heavy atom. The highest BCUT2D eigenvalue weighted by Crippen LogP contribution is 2.06. The van der Waals surface area contributed by atoms with Gasteiger partial charge in [0.05, 0.1) is 0 Å². The van der Waals surface area contributed by atoms with Crippen LogP contribution in [-0.2, 0) is 0 Å². The Kier molecular flexibility index (Phi) is 11.3. The smallest absolute Gasteiger partial charge is 0.0890 e. The van der Waals surface area contributed by atoms with E-state index >= 15 is 0 Å². The number of hydrogen-bond acceptors (Lipinski definition) is 0. The molecule has 86 valence electrons. The van der Waals surface area contributed by atoms with Gasteiger partial charge in [-0.15, -0.1) is 0 Å². The molecular formula is C14H27B. The van der Waals surface area contributed by atoms with Gasteiger partial charge in [-0.05, 0) is 38.5 Å². The summed E-state index contributed by atoms with van der Waals surface area (Å²) in [6, 6.07) is 0. The third-order valence-corrected chi connectivity index (χ3v) is 2.39. The fraction of sp³-hybridized carbons (Fsp3) is 0.714. The van der Waals surface area contributed by atoms with Gasteiger partial charge in [0, 0.05) is 0 Å². The average Bonchev–Trinajstić information content (AvgIpc) is 2.20. The Labute approximate surface area is 97.3 Å². The minimum Gasteiger partial charge on any atom is -0.0890 e. The van der Waals surface area contributed by atoms with Crippen molar-refractivity contribution in [2.24, 2.45) is 0 Å². The largest absolute Gasteiger partial charge is 0.105 e. The van der Waals surface area contributed by atoms with Crippen molar-refractivity contribution < 1.29 is 0 Å². The summed E-state index contributed by atoms with van der Waals surface area (Å²) < 4.78 is 0. The van der Waals surface area contributed by atoms with Crippen molar-refractivity contribution in [1.82, 2.24) is 0 Å². The predicted octanol–water partition coefficient (Wildman–Crippen LogP) is 4.29. The lowest BCUT2D eigenvalue weighted by Crippen LogP contribution is -1.80. The van der Waals surface area contributed by atoms with Crippen LogP contribution in [0, 0.1) is 0 Å². The first kappa shape index (κ1) is 14.5. The molecule has 0 heterocycles. The lowest BCUT2D eigenvalue weighted by Gasteiger charge is -1.96. The van der Waals surface area contributed by atoms with Crippen LogP contribution < -0.4 is 0 Å². The molecule has 0 nitrogen and oxygen atoms in total. The van der Waals surface area contributed by atoms with E-state index in [0.717, 1.165) is 5.82 Å². The lowest BCUT2D eigenvalue weighted by molar-refractivity contribution is 0.757. The molecular weight excluding hydrogens is 179 g/mol. The molecule has 0 rings (SSSR count). The third kappa shape index (κ3) is 13.5. The zero-order valence-electron chi connectivity index (χ0n) is 10.8. The molecule has 0 aromatic rings. The van der Waals surface area contributed by atoms with Crippen molar-refractivity contribution >= 4 is 7.85 Å². The standard InChI is InChI=1S/C14H27B/c1-3-4-5-6-7-8-9-10-11-12-13-14(2)15/h5-6,11-12,14H,3-4,7-10,13,15H2,1-2H3. The zero-order chi connectivity index (χ0) is 11.4. The molecule has 1 atom stereocenters. The second-order valence-corrected chi connectivity index (χ2v) is 4.65. The molecule has 0 radical (unpaired) electrons. The second kappa shape index (κ2) is 11.6. The van der Waals surface area contributed by atoms with Crippen molar-refractivity contribution in [2.75, 3.05) is 0 Å².